The minimum Gasteiger partial charge on any atom is -0.509 e. The number of carbonyl (C=O) groups is 3. The minimum atomic E-state index is -0.953. The molecule has 6 nitrogen and oxygen atoms in total. The molecule has 0 unspecified atom stereocenters. The van der Waals surface area contributed by atoms with Gasteiger partial charge in [0.1, 0.15) is 23.0 Å². The highest BCUT2D eigenvalue weighted by Crippen LogP contribution is 2.30. The summed E-state index contributed by atoms with van der Waals surface area (Å²) < 4.78 is 5.43. The first-order valence-electron chi connectivity index (χ1n) is 13.7. The molecular weight excluding hydrogens is 454 g/mol. The van der Waals surface area contributed by atoms with Crippen LogP contribution in [0.4, 0.5) is 4.79 Å². The third kappa shape index (κ3) is 9.44. The fourth-order valence-electron chi connectivity index (χ4n) is 4.54. The van der Waals surface area contributed by atoms with E-state index in [9.17, 15) is 19.5 Å². The molecule has 0 saturated heterocycles. The van der Waals surface area contributed by atoms with E-state index in [1.807, 2.05) is 30.3 Å². The molecule has 1 aliphatic heterocycles. The first-order valence-corrected chi connectivity index (χ1v) is 13.7. The van der Waals surface area contributed by atoms with Crippen LogP contribution in [0, 0.1) is 0 Å². The van der Waals surface area contributed by atoms with Gasteiger partial charge in [-0.1, -0.05) is 101 Å². The largest absolute Gasteiger partial charge is 0.509 e. The van der Waals surface area contributed by atoms with Crippen molar-refractivity contribution in [3.63, 3.8) is 0 Å². The zero-order chi connectivity index (χ0) is 26.6. The highest BCUT2D eigenvalue weighted by atomic mass is 16.6. The average molecular weight is 500 g/mol. The quantitative estimate of drug-likeness (QED) is 0.200. The molecule has 1 aromatic carbocycles. The first kappa shape index (κ1) is 29.6. The number of carbonyl (C=O) groups excluding carboxylic acids is 3. The minimum absolute atomic E-state index is 0.183. The number of ether oxygens (including phenoxy) is 1. The second-order valence-electron chi connectivity index (χ2n) is 10.8. The summed E-state index contributed by atoms with van der Waals surface area (Å²) in [5, 5.41) is 10.9. The second kappa shape index (κ2) is 14.8. The summed E-state index contributed by atoms with van der Waals surface area (Å²) in [6.45, 7) is 7.36. The molecule has 6 heteroatoms. The smallest absolute Gasteiger partial charge is 0.418 e. The molecule has 1 N–H and O–H groups in total. The fourth-order valence-corrected chi connectivity index (χ4v) is 4.54. The maximum absolute atomic E-state index is 13.2. The van der Waals surface area contributed by atoms with E-state index in [-0.39, 0.29) is 24.2 Å². The molecule has 36 heavy (non-hydrogen) atoms. The lowest BCUT2D eigenvalue weighted by Crippen LogP contribution is -2.45. The Bertz CT molecular complexity index is 884. The lowest BCUT2D eigenvalue weighted by molar-refractivity contribution is -0.128. The Balaban J connectivity index is 1.92. The number of hydrogen-bond donors (Lipinski definition) is 1. The molecule has 200 valence electrons. The molecule has 1 atom stereocenters. The number of Topliss-reactive ketones (excluding diaryl/α,β-unsaturated/α-hetero) is 1. The average Bonchev–Trinajstić information content (AvgIpc) is 3.06. The Morgan fingerprint density at radius 3 is 1.94 bits per heavy atom. The van der Waals surface area contributed by atoms with E-state index in [4.69, 9.17) is 4.74 Å². The molecule has 0 radical (unpaired) electrons. The van der Waals surface area contributed by atoms with Gasteiger partial charge in [0.05, 0.1) is 0 Å². The third-order valence-electron chi connectivity index (χ3n) is 6.46. The summed E-state index contributed by atoms with van der Waals surface area (Å²) in [4.78, 5) is 39.9. The van der Waals surface area contributed by atoms with Gasteiger partial charge in [-0.25, -0.2) is 9.69 Å². The van der Waals surface area contributed by atoms with Crippen molar-refractivity contribution in [2.75, 3.05) is 0 Å². The second-order valence-corrected chi connectivity index (χ2v) is 10.8. The van der Waals surface area contributed by atoms with Gasteiger partial charge in [0.2, 0.25) is 0 Å². The van der Waals surface area contributed by atoms with E-state index in [1.54, 1.807) is 20.8 Å². The van der Waals surface area contributed by atoms with Gasteiger partial charge in [-0.15, -0.1) is 0 Å². The third-order valence-corrected chi connectivity index (χ3v) is 6.46. The number of imide groups is 1. The summed E-state index contributed by atoms with van der Waals surface area (Å²) >= 11 is 0. The summed E-state index contributed by atoms with van der Waals surface area (Å²) in [6.07, 6.45) is 12.4. The van der Waals surface area contributed by atoms with Gasteiger partial charge in [0, 0.05) is 12.8 Å². The van der Waals surface area contributed by atoms with Gasteiger partial charge in [-0.05, 0) is 32.8 Å². The summed E-state index contributed by atoms with van der Waals surface area (Å²) in [6, 6.07) is 8.33. The highest BCUT2D eigenvalue weighted by molar-refractivity contribution is 6.24. The molecule has 1 aliphatic rings. The summed E-state index contributed by atoms with van der Waals surface area (Å²) in [7, 11) is 0. The first-order chi connectivity index (χ1) is 17.2. The number of rotatable bonds is 15. The Hall–Kier alpha value is -2.63. The molecule has 2 rings (SSSR count). The Kier molecular flexibility index (Phi) is 12.2. The predicted molar refractivity (Wildman–Crippen MR) is 143 cm³/mol. The SMILES string of the molecule is CCCCCCCCCCCCCC(=O)C1=C(O)[C@H](Cc2ccccc2)N(C(=O)OC(C)(C)C)C1=O. The topological polar surface area (TPSA) is 83.9 Å². The van der Waals surface area contributed by atoms with E-state index >= 15 is 0 Å². The zero-order valence-corrected chi connectivity index (χ0v) is 22.7. The number of amides is 2. The molecule has 0 fully saturated rings. The lowest BCUT2D eigenvalue weighted by atomic mass is 10.00. The molecule has 0 bridgehead atoms. The van der Waals surface area contributed by atoms with Gasteiger partial charge in [0.15, 0.2) is 5.78 Å². The number of nitrogens with zero attached hydrogens (tertiary/aromatic N) is 1. The van der Waals surface area contributed by atoms with Crippen molar-refractivity contribution in [2.24, 2.45) is 0 Å². The summed E-state index contributed by atoms with van der Waals surface area (Å²) in [5.41, 5.74) is -0.240. The number of aliphatic hydroxyl groups excluding tert-OH is 1. The van der Waals surface area contributed by atoms with Crippen LogP contribution in [0.1, 0.15) is 110 Å². The molecule has 2 amide bonds. The standard InChI is InChI=1S/C30H45NO5/c1-5-6-7-8-9-10-11-12-13-14-18-21-25(32)26-27(33)24(22-23-19-16-15-17-20-23)31(28(26)34)29(35)36-30(2,3)4/h15-17,19-20,24,33H,5-14,18,21-22H2,1-4H3/t24-/m0/s1. The molecule has 0 saturated carbocycles. The van der Waals surface area contributed by atoms with Crippen molar-refractivity contribution < 1.29 is 24.2 Å². The maximum Gasteiger partial charge on any atom is 0.418 e. The van der Waals surface area contributed by atoms with Crippen molar-refractivity contribution in [1.82, 2.24) is 4.90 Å². The number of aliphatic hydroxyl groups is 1. The van der Waals surface area contributed by atoms with Crippen molar-refractivity contribution in [3.8, 4) is 0 Å². The van der Waals surface area contributed by atoms with Crippen LogP contribution in [-0.4, -0.2) is 39.4 Å². The monoisotopic (exact) mass is 499 g/mol. The van der Waals surface area contributed by atoms with E-state index in [0.717, 1.165) is 29.7 Å². The van der Waals surface area contributed by atoms with Crippen LogP contribution in [0.3, 0.4) is 0 Å². The van der Waals surface area contributed by atoms with Crippen LogP contribution in [0.25, 0.3) is 0 Å². The molecule has 0 spiro atoms. The van der Waals surface area contributed by atoms with E-state index in [0.29, 0.717) is 6.42 Å². The number of ketones is 1. The Morgan fingerprint density at radius 2 is 1.42 bits per heavy atom. The molecule has 1 aromatic rings. The maximum atomic E-state index is 13.2. The molecular formula is C30H45NO5. The van der Waals surface area contributed by atoms with Crippen LogP contribution in [0.5, 0.6) is 0 Å². The van der Waals surface area contributed by atoms with Crippen LogP contribution >= 0.6 is 0 Å². The molecule has 0 aliphatic carbocycles. The van der Waals surface area contributed by atoms with Crippen LogP contribution < -0.4 is 0 Å². The van der Waals surface area contributed by atoms with Crippen molar-refractivity contribution in [1.29, 1.82) is 0 Å². The molecule has 1 heterocycles. The van der Waals surface area contributed by atoms with Crippen molar-refractivity contribution >= 4 is 17.8 Å². The Morgan fingerprint density at radius 1 is 0.889 bits per heavy atom. The fraction of sp³-hybridized carbons (Fsp3) is 0.633. The highest BCUT2D eigenvalue weighted by Gasteiger charge is 2.47. The van der Waals surface area contributed by atoms with Crippen LogP contribution in [0.15, 0.2) is 41.7 Å². The lowest BCUT2D eigenvalue weighted by Gasteiger charge is -2.27. The molecule has 0 aromatic heterocycles. The van der Waals surface area contributed by atoms with Crippen molar-refractivity contribution in [2.45, 2.75) is 123 Å². The van der Waals surface area contributed by atoms with Crippen molar-refractivity contribution in [3.05, 3.63) is 47.2 Å². The van der Waals surface area contributed by atoms with E-state index < -0.39 is 29.4 Å². The van der Waals surface area contributed by atoms with Gasteiger partial charge in [0.25, 0.3) is 5.91 Å². The zero-order valence-electron chi connectivity index (χ0n) is 22.7. The van der Waals surface area contributed by atoms with E-state index in [1.165, 1.54) is 44.9 Å². The van der Waals surface area contributed by atoms with Gasteiger partial charge >= 0.3 is 6.09 Å². The summed E-state index contributed by atoms with van der Waals surface area (Å²) in [5.74, 6) is -1.50. The normalized spacial score (nSPS) is 16.1. The number of hydrogen-bond acceptors (Lipinski definition) is 5. The van der Waals surface area contributed by atoms with Crippen LogP contribution in [0.2, 0.25) is 0 Å². The number of benzene rings is 1. The van der Waals surface area contributed by atoms with Crippen LogP contribution in [-0.2, 0) is 20.7 Å². The van der Waals surface area contributed by atoms with Gasteiger partial charge < -0.3 is 9.84 Å². The predicted octanol–water partition coefficient (Wildman–Crippen LogP) is 7.46. The Labute approximate surface area is 217 Å². The van der Waals surface area contributed by atoms with Gasteiger partial charge in [-0.3, -0.25) is 9.59 Å². The van der Waals surface area contributed by atoms with E-state index in [2.05, 4.69) is 6.92 Å². The van der Waals surface area contributed by atoms with Gasteiger partial charge in [-0.2, -0.15) is 0 Å². The number of unbranched alkanes of at least 4 members (excludes halogenated alkanes) is 10.